The summed E-state index contributed by atoms with van der Waals surface area (Å²) < 4.78 is 0. The van der Waals surface area contributed by atoms with Crippen LogP contribution < -0.4 is 0 Å². The van der Waals surface area contributed by atoms with Crippen LogP contribution in [0.25, 0.3) is 0 Å². The molecule has 0 atom stereocenters. The minimum atomic E-state index is -0.463. The van der Waals surface area contributed by atoms with Gasteiger partial charge in [-0.2, -0.15) is 5.26 Å². The van der Waals surface area contributed by atoms with E-state index in [4.69, 9.17) is 5.26 Å². The van der Waals surface area contributed by atoms with Crippen LogP contribution in [0.1, 0.15) is 23.6 Å². The summed E-state index contributed by atoms with van der Waals surface area (Å²) in [6.07, 6.45) is 0.710. The van der Waals surface area contributed by atoms with Crippen molar-refractivity contribution in [2.24, 2.45) is 0 Å². The topological polar surface area (TPSA) is 66.9 Å². The first-order valence-corrected chi connectivity index (χ1v) is 4.28. The third-order valence-electron chi connectivity index (χ3n) is 2.21. The molecule has 0 heterocycles. The van der Waals surface area contributed by atoms with Crippen LogP contribution >= 0.6 is 0 Å². The van der Waals surface area contributed by atoms with Gasteiger partial charge in [-0.05, 0) is 18.9 Å². The summed E-state index contributed by atoms with van der Waals surface area (Å²) in [7, 11) is 0. The van der Waals surface area contributed by atoms with Crippen LogP contribution in [0.5, 0.6) is 0 Å². The SMILES string of the molecule is CCc1ccc([N+](=O)[O-])c(C)c1C#N. The van der Waals surface area contributed by atoms with E-state index in [1.165, 1.54) is 6.07 Å². The highest BCUT2D eigenvalue weighted by atomic mass is 16.6. The van der Waals surface area contributed by atoms with Crippen molar-refractivity contribution in [2.75, 3.05) is 0 Å². The number of benzene rings is 1. The average Bonchev–Trinajstić information content (AvgIpc) is 2.16. The predicted molar refractivity (Wildman–Crippen MR) is 51.9 cm³/mol. The normalized spacial score (nSPS) is 9.50. The lowest BCUT2D eigenvalue weighted by molar-refractivity contribution is -0.385. The molecule has 72 valence electrons. The minimum absolute atomic E-state index is 0.0127. The van der Waals surface area contributed by atoms with Crippen LogP contribution in [0, 0.1) is 28.4 Å². The molecule has 0 amide bonds. The summed E-state index contributed by atoms with van der Waals surface area (Å²) in [5.41, 5.74) is 1.76. The smallest absolute Gasteiger partial charge is 0.258 e. The van der Waals surface area contributed by atoms with Crippen LogP contribution in [-0.4, -0.2) is 4.92 Å². The number of rotatable bonds is 2. The molecular weight excluding hydrogens is 180 g/mol. The Morgan fingerprint density at radius 2 is 2.21 bits per heavy atom. The van der Waals surface area contributed by atoms with E-state index in [9.17, 15) is 10.1 Å². The Morgan fingerprint density at radius 1 is 1.57 bits per heavy atom. The van der Waals surface area contributed by atoms with Crippen molar-refractivity contribution in [3.63, 3.8) is 0 Å². The molecule has 0 fully saturated rings. The highest BCUT2D eigenvalue weighted by molar-refractivity contribution is 5.54. The molecule has 0 aliphatic carbocycles. The zero-order valence-electron chi connectivity index (χ0n) is 8.07. The second-order valence-electron chi connectivity index (χ2n) is 2.97. The van der Waals surface area contributed by atoms with E-state index in [0.29, 0.717) is 17.5 Å². The van der Waals surface area contributed by atoms with Crippen molar-refractivity contribution >= 4 is 5.69 Å². The standard InChI is InChI=1S/C10H10N2O2/c1-3-8-4-5-10(12(13)14)7(2)9(8)6-11/h4-5H,3H2,1-2H3. The van der Waals surface area contributed by atoms with Gasteiger partial charge in [0, 0.05) is 11.6 Å². The van der Waals surface area contributed by atoms with Crippen LogP contribution in [0.15, 0.2) is 12.1 Å². The summed E-state index contributed by atoms with van der Waals surface area (Å²) in [5.74, 6) is 0. The van der Waals surface area contributed by atoms with Crippen molar-refractivity contribution < 1.29 is 4.92 Å². The van der Waals surface area contributed by atoms with Gasteiger partial charge in [-0.15, -0.1) is 0 Å². The van der Waals surface area contributed by atoms with Crippen LogP contribution in [0.4, 0.5) is 5.69 Å². The zero-order valence-corrected chi connectivity index (χ0v) is 8.07. The van der Waals surface area contributed by atoms with Gasteiger partial charge in [0.25, 0.3) is 5.69 Å². The molecule has 0 bridgehead atoms. The number of hydrogen-bond donors (Lipinski definition) is 0. The Morgan fingerprint density at radius 3 is 2.64 bits per heavy atom. The summed E-state index contributed by atoms with van der Waals surface area (Å²) in [6, 6.07) is 5.10. The monoisotopic (exact) mass is 190 g/mol. The van der Waals surface area contributed by atoms with Crippen molar-refractivity contribution in [1.82, 2.24) is 0 Å². The Balaban J connectivity index is 3.44. The quantitative estimate of drug-likeness (QED) is 0.531. The van der Waals surface area contributed by atoms with Gasteiger partial charge in [0.05, 0.1) is 16.6 Å². The van der Waals surface area contributed by atoms with Gasteiger partial charge in [0.15, 0.2) is 0 Å². The Kier molecular flexibility index (Phi) is 2.82. The van der Waals surface area contributed by atoms with E-state index >= 15 is 0 Å². The zero-order chi connectivity index (χ0) is 10.7. The molecule has 0 aliphatic heterocycles. The fourth-order valence-electron chi connectivity index (χ4n) is 1.40. The third-order valence-corrected chi connectivity index (χ3v) is 2.21. The molecule has 4 heteroatoms. The molecular formula is C10H10N2O2. The van der Waals surface area contributed by atoms with Crippen molar-refractivity contribution in [3.05, 3.63) is 38.9 Å². The maximum atomic E-state index is 10.6. The second-order valence-corrected chi connectivity index (χ2v) is 2.97. The third kappa shape index (κ3) is 1.57. The number of nitrogens with zero attached hydrogens (tertiary/aromatic N) is 2. The lowest BCUT2D eigenvalue weighted by Gasteiger charge is -2.04. The van der Waals surface area contributed by atoms with Crippen molar-refractivity contribution in [2.45, 2.75) is 20.3 Å². The van der Waals surface area contributed by atoms with Crippen molar-refractivity contribution in [3.8, 4) is 6.07 Å². The van der Waals surface area contributed by atoms with Gasteiger partial charge in [-0.1, -0.05) is 13.0 Å². The molecule has 0 aliphatic rings. The minimum Gasteiger partial charge on any atom is -0.258 e. The second kappa shape index (κ2) is 3.88. The highest BCUT2D eigenvalue weighted by Crippen LogP contribution is 2.24. The lowest BCUT2D eigenvalue weighted by Crippen LogP contribution is -1.97. The molecule has 0 N–H and O–H groups in total. The summed E-state index contributed by atoms with van der Waals surface area (Å²) >= 11 is 0. The van der Waals surface area contributed by atoms with Gasteiger partial charge in [0.2, 0.25) is 0 Å². The largest absolute Gasteiger partial charge is 0.273 e. The molecule has 0 saturated carbocycles. The molecule has 0 unspecified atom stereocenters. The maximum absolute atomic E-state index is 10.6. The number of nitriles is 1. The Bertz CT molecular complexity index is 419. The Labute approximate surface area is 81.9 Å². The first kappa shape index (κ1) is 10.2. The molecule has 0 saturated heterocycles. The number of nitro benzene ring substituents is 1. The van der Waals surface area contributed by atoms with E-state index < -0.39 is 4.92 Å². The molecule has 1 rings (SSSR count). The summed E-state index contributed by atoms with van der Waals surface area (Å²) in [4.78, 5) is 10.1. The molecule has 1 aromatic carbocycles. The number of aryl methyl sites for hydroxylation is 1. The lowest BCUT2D eigenvalue weighted by atomic mass is 10.00. The van der Waals surface area contributed by atoms with Gasteiger partial charge in [0.1, 0.15) is 0 Å². The van der Waals surface area contributed by atoms with Crippen molar-refractivity contribution in [1.29, 1.82) is 5.26 Å². The van der Waals surface area contributed by atoms with E-state index in [1.54, 1.807) is 13.0 Å². The fourth-order valence-corrected chi connectivity index (χ4v) is 1.40. The first-order chi connectivity index (χ1) is 6.61. The average molecular weight is 190 g/mol. The van der Waals surface area contributed by atoms with E-state index in [1.807, 2.05) is 13.0 Å². The van der Waals surface area contributed by atoms with E-state index in [-0.39, 0.29) is 5.69 Å². The van der Waals surface area contributed by atoms with Crippen LogP contribution in [0.3, 0.4) is 0 Å². The van der Waals surface area contributed by atoms with Gasteiger partial charge >= 0.3 is 0 Å². The van der Waals surface area contributed by atoms with Crippen LogP contribution in [-0.2, 0) is 6.42 Å². The predicted octanol–water partition coefficient (Wildman–Crippen LogP) is 2.34. The highest BCUT2D eigenvalue weighted by Gasteiger charge is 2.15. The first-order valence-electron chi connectivity index (χ1n) is 4.28. The molecule has 1 aromatic rings. The Hall–Kier alpha value is -1.89. The summed E-state index contributed by atoms with van der Waals surface area (Å²) in [6.45, 7) is 3.53. The number of nitro groups is 1. The molecule has 4 nitrogen and oxygen atoms in total. The molecule has 0 aromatic heterocycles. The van der Waals surface area contributed by atoms with E-state index in [0.717, 1.165) is 5.56 Å². The number of hydrogen-bond acceptors (Lipinski definition) is 3. The van der Waals surface area contributed by atoms with Gasteiger partial charge in [-0.3, -0.25) is 10.1 Å². The van der Waals surface area contributed by atoms with Gasteiger partial charge < -0.3 is 0 Å². The fraction of sp³-hybridized carbons (Fsp3) is 0.300. The molecule has 14 heavy (non-hydrogen) atoms. The van der Waals surface area contributed by atoms with E-state index in [2.05, 4.69) is 0 Å². The molecule has 0 radical (unpaired) electrons. The van der Waals surface area contributed by atoms with Crippen LogP contribution in [0.2, 0.25) is 0 Å². The molecule has 0 spiro atoms. The maximum Gasteiger partial charge on any atom is 0.273 e. The summed E-state index contributed by atoms with van der Waals surface area (Å²) in [5, 5.41) is 19.4. The van der Waals surface area contributed by atoms with Gasteiger partial charge in [-0.25, -0.2) is 0 Å².